The molecule has 4 N–H and O–H groups in total. The predicted octanol–water partition coefficient (Wildman–Crippen LogP) is 1.07. The van der Waals surface area contributed by atoms with E-state index >= 15 is 0 Å². The Morgan fingerprint density at radius 2 is 2.12 bits per heavy atom. The van der Waals surface area contributed by atoms with Crippen LogP contribution in [0, 0.1) is 11.3 Å². The van der Waals surface area contributed by atoms with Gasteiger partial charge in [0, 0.05) is 6.54 Å². The number of hydrogen-bond donors (Lipinski definition) is 3. The van der Waals surface area contributed by atoms with Gasteiger partial charge in [-0.1, -0.05) is 24.9 Å². The molecular formula is C11H21N3O2. The molecule has 1 rings (SSSR count). The third-order valence-corrected chi connectivity index (χ3v) is 3.45. The van der Waals surface area contributed by atoms with Crippen molar-refractivity contribution in [3.8, 4) is 0 Å². The maximum Gasteiger partial charge on any atom is 0.230 e. The van der Waals surface area contributed by atoms with Crippen molar-refractivity contribution < 1.29 is 10.0 Å². The van der Waals surface area contributed by atoms with Crippen LogP contribution in [0.15, 0.2) is 5.16 Å². The van der Waals surface area contributed by atoms with Crippen molar-refractivity contribution in [3.63, 3.8) is 0 Å². The van der Waals surface area contributed by atoms with Crippen molar-refractivity contribution in [2.75, 3.05) is 6.54 Å². The van der Waals surface area contributed by atoms with Gasteiger partial charge in [0.1, 0.15) is 0 Å². The molecule has 16 heavy (non-hydrogen) atoms. The first-order valence-corrected chi connectivity index (χ1v) is 5.74. The number of nitrogens with one attached hydrogen (secondary N) is 1. The second kappa shape index (κ2) is 5.18. The molecule has 1 saturated carbocycles. The summed E-state index contributed by atoms with van der Waals surface area (Å²) in [5, 5.41) is 14.2. The quantitative estimate of drug-likeness (QED) is 0.290. The first kappa shape index (κ1) is 12.8. The average molecular weight is 227 g/mol. The predicted molar refractivity (Wildman–Crippen MR) is 62.2 cm³/mol. The number of amides is 1. The fraction of sp³-hybridized carbons (Fsp3) is 0.818. The zero-order valence-electron chi connectivity index (χ0n) is 9.99. The lowest BCUT2D eigenvalue weighted by Gasteiger charge is -2.24. The molecule has 0 spiro atoms. The fourth-order valence-electron chi connectivity index (χ4n) is 2.08. The largest absolute Gasteiger partial charge is 0.409 e. The Labute approximate surface area is 96.1 Å². The zero-order chi connectivity index (χ0) is 12.2. The highest BCUT2D eigenvalue weighted by Crippen LogP contribution is 2.36. The molecule has 0 aromatic carbocycles. The minimum absolute atomic E-state index is 0.0472. The van der Waals surface area contributed by atoms with Gasteiger partial charge in [-0.05, 0) is 25.2 Å². The van der Waals surface area contributed by atoms with E-state index in [0.29, 0.717) is 6.54 Å². The lowest BCUT2D eigenvalue weighted by atomic mass is 9.89. The Hall–Kier alpha value is -1.26. The standard InChI is InChI=1S/C11H21N3O2/c1-8(9(12)14-16)10(15)13-7-11(2)5-3-4-6-11/h8,16H,3-7H2,1-2H3,(H2,12,14)(H,13,15). The van der Waals surface area contributed by atoms with Crippen molar-refractivity contribution in [3.05, 3.63) is 0 Å². The van der Waals surface area contributed by atoms with Crippen molar-refractivity contribution >= 4 is 11.7 Å². The highest BCUT2D eigenvalue weighted by Gasteiger charge is 2.29. The molecule has 92 valence electrons. The Balaban J connectivity index is 2.40. The van der Waals surface area contributed by atoms with E-state index in [-0.39, 0.29) is 17.2 Å². The van der Waals surface area contributed by atoms with Crippen LogP contribution in [0.25, 0.3) is 0 Å². The SMILES string of the molecule is CC(C(=O)NCC1(C)CCCC1)C(N)=NO. The van der Waals surface area contributed by atoms with Crippen LogP contribution in [0.1, 0.15) is 39.5 Å². The van der Waals surface area contributed by atoms with Gasteiger partial charge in [-0.15, -0.1) is 0 Å². The van der Waals surface area contributed by atoms with Gasteiger partial charge < -0.3 is 16.3 Å². The lowest BCUT2D eigenvalue weighted by molar-refractivity contribution is -0.123. The van der Waals surface area contributed by atoms with Crippen LogP contribution in [0.5, 0.6) is 0 Å². The van der Waals surface area contributed by atoms with E-state index in [1.54, 1.807) is 6.92 Å². The van der Waals surface area contributed by atoms with E-state index < -0.39 is 5.92 Å². The number of nitrogens with zero attached hydrogens (tertiary/aromatic N) is 1. The summed E-state index contributed by atoms with van der Waals surface area (Å²) in [4.78, 5) is 11.7. The number of carbonyl (C=O) groups is 1. The minimum atomic E-state index is -0.574. The summed E-state index contributed by atoms with van der Waals surface area (Å²) in [7, 11) is 0. The Kier molecular flexibility index (Phi) is 4.15. The molecule has 0 radical (unpaired) electrons. The van der Waals surface area contributed by atoms with E-state index in [1.165, 1.54) is 12.8 Å². The number of rotatable bonds is 4. The van der Waals surface area contributed by atoms with E-state index in [0.717, 1.165) is 12.8 Å². The molecule has 1 aliphatic rings. The topological polar surface area (TPSA) is 87.7 Å². The van der Waals surface area contributed by atoms with Gasteiger partial charge in [-0.25, -0.2) is 0 Å². The summed E-state index contributed by atoms with van der Waals surface area (Å²) in [5.41, 5.74) is 5.60. The number of nitrogens with two attached hydrogens (primary N) is 1. The molecule has 0 saturated heterocycles. The van der Waals surface area contributed by atoms with Crippen molar-refractivity contribution in [2.45, 2.75) is 39.5 Å². The van der Waals surface area contributed by atoms with Crippen molar-refractivity contribution in [1.29, 1.82) is 0 Å². The summed E-state index contributed by atoms with van der Waals surface area (Å²) in [6, 6.07) is 0. The van der Waals surface area contributed by atoms with Crippen LogP contribution in [-0.4, -0.2) is 23.5 Å². The maximum atomic E-state index is 11.7. The van der Waals surface area contributed by atoms with E-state index in [4.69, 9.17) is 10.9 Å². The van der Waals surface area contributed by atoms with Gasteiger partial charge >= 0.3 is 0 Å². The van der Waals surface area contributed by atoms with E-state index in [9.17, 15) is 4.79 Å². The van der Waals surface area contributed by atoms with Gasteiger partial charge in [0.25, 0.3) is 0 Å². The smallest absolute Gasteiger partial charge is 0.230 e. The highest BCUT2D eigenvalue weighted by molar-refractivity contribution is 6.01. The average Bonchev–Trinajstić information content (AvgIpc) is 2.71. The second-order valence-corrected chi connectivity index (χ2v) is 4.98. The number of hydrogen-bond acceptors (Lipinski definition) is 3. The molecule has 1 unspecified atom stereocenters. The molecule has 1 fully saturated rings. The van der Waals surface area contributed by atoms with Gasteiger partial charge in [0.05, 0.1) is 5.92 Å². The van der Waals surface area contributed by atoms with Crippen LogP contribution in [0.3, 0.4) is 0 Å². The second-order valence-electron chi connectivity index (χ2n) is 4.98. The molecule has 1 atom stereocenters. The number of amidine groups is 1. The molecule has 0 heterocycles. The van der Waals surface area contributed by atoms with Gasteiger partial charge in [0.15, 0.2) is 5.84 Å². The first-order chi connectivity index (χ1) is 7.48. The van der Waals surface area contributed by atoms with Crippen LogP contribution in [0.4, 0.5) is 0 Å². The molecule has 5 heteroatoms. The van der Waals surface area contributed by atoms with Gasteiger partial charge in [-0.3, -0.25) is 4.79 Å². The summed E-state index contributed by atoms with van der Waals surface area (Å²) < 4.78 is 0. The third-order valence-electron chi connectivity index (χ3n) is 3.45. The number of oxime groups is 1. The van der Waals surface area contributed by atoms with Gasteiger partial charge in [-0.2, -0.15) is 0 Å². The summed E-state index contributed by atoms with van der Waals surface area (Å²) in [6.45, 7) is 4.49. The van der Waals surface area contributed by atoms with E-state index in [1.807, 2.05) is 0 Å². The molecule has 0 aromatic rings. The minimum Gasteiger partial charge on any atom is -0.409 e. The molecule has 0 aliphatic heterocycles. The van der Waals surface area contributed by atoms with Crippen LogP contribution in [-0.2, 0) is 4.79 Å². The van der Waals surface area contributed by atoms with Crippen LogP contribution < -0.4 is 11.1 Å². The van der Waals surface area contributed by atoms with Crippen molar-refractivity contribution in [2.24, 2.45) is 22.2 Å². The van der Waals surface area contributed by atoms with Crippen LogP contribution in [0.2, 0.25) is 0 Å². The molecule has 5 nitrogen and oxygen atoms in total. The molecule has 1 amide bonds. The molecule has 0 aromatic heterocycles. The molecule has 0 bridgehead atoms. The van der Waals surface area contributed by atoms with Crippen LogP contribution >= 0.6 is 0 Å². The summed E-state index contributed by atoms with van der Waals surface area (Å²) >= 11 is 0. The summed E-state index contributed by atoms with van der Waals surface area (Å²) in [5.74, 6) is -0.799. The fourth-order valence-corrected chi connectivity index (χ4v) is 2.08. The lowest BCUT2D eigenvalue weighted by Crippen LogP contribution is -2.41. The van der Waals surface area contributed by atoms with Crippen molar-refractivity contribution in [1.82, 2.24) is 5.32 Å². The normalized spacial score (nSPS) is 21.8. The summed E-state index contributed by atoms with van der Waals surface area (Å²) in [6.07, 6.45) is 4.79. The highest BCUT2D eigenvalue weighted by atomic mass is 16.4. The third kappa shape index (κ3) is 3.12. The van der Waals surface area contributed by atoms with Gasteiger partial charge in [0.2, 0.25) is 5.91 Å². The Morgan fingerprint density at radius 1 is 1.56 bits per heavy atom. The monoisotopic (exact) mass is 227 g/mol. The Bertz CT molecular complexity index is 283. The van der Waals surface area contributed by atoms with E-state index in [2.05, 4.69) is 17.4 Å². The first-order valence-electron chi connectivity index (χ1n) is 5.74. The number of carbonyl (C=O) groups excluding carboxylic acids is 1. The maximum absolute atomic E-state index is 11.7. The molecule has 1 aliphatic carbocycles. The Morgan fingerprint density at radius 3 is 2.62 bits per heavy atom. The zero-order valence-corrected chi connectivity index (χ0v) is 9.99. The molecular weight excluding hydrogens is 206 g/mol.